The zero-order chi connectivity index (χ0) is 8.97. The van der Waals surface area contributed by atoms with Crippen LogP contribution in [0, 0.1) is 0 Å². The summed E-state index contributed by atoms with van der Waals surface area (Å²) in [6.45, 7) is 4.75. The number of ether oxygens (including phenoxy) is 1. The molecular weight excluding hydrogens is 152 g/mol. The first-order chi connectivity index (χ1) is 5.74. The van der Waals surface area contributed by atoms with Gasteiger partial charge < -0.3 is 10.5 Å². The maximum atomic E-state index is 5.67. The second-order valence-corrected chi connectivity index (χ2v) is 3.02. The van der Waals surface area contributed by atoms with Crippen molar-refractivity contribution < 1.29 is 4.74 Å². The fraction of sp³-hybridized carbons (Fsp3) is 0.667. The van der Waals surface area contributed by atoms with Crippen molar-refractivity contribution in [1.82, 2.24) is 0 Å². The lowest BCUT2D eigenvalue weighted by molar-refractivity contribution is 0.306. The standard InChI is InChI=1S/C9H16N2O/c1-3-6-12-9-5-4-8(11-9)7(2)10/h4-5,7-8H,3,6,10H2,1-2H3. The fourth-order valence-electron chi connectivity index (χ4n) is 0.999. The van der Waals surface area contributed by atoms with Crippen molar-refractivity contribution in [3.8, 4) is 0 Å². The van der Waals surface area contributed by atoms with Crippen molar-refractivity contribution >= 4 is 5.90 Å². The summed E-state index contributed by atoms with van der Waals surface area (Å²) >= 11 is 0. The molecule has 68 valence electrons. The van der Waals surface area contributed by atoms with Crippen LogP contribution in [-0.2, 0) is 4.74 Å². The Labute approximate surface area is 73.3 Å². The lowest BCUT2D eigenvalue weighted by atomic mass is 10.2. The number of nitrogens with two attached hydrogens (primary N) is 1. The van der Waals surface area contributed by atoms with Gasteiger partial charge in [0.05, 0.1) is 12.6 Å². The molecule has 0 saturated carbocycles. The minimum Gasteiger partial charge on any atom is -0.478 e. The first-order valence-corrected chi connectivity index (χ1v) is 4.38. The first-order valence-electron chi connectivity index (χ1n) is 4.38. The van der Waals surface area contributed by atoms with Crippen LogP contribution in [0.5, 0.6) is 0 Å². The van der Waals surface area contributed by atoms with Crippen molar-refractivity contribution in [2.24, 2.45) is 10.7 Å². The molecule has 1 heterocycles. The van der Waals surface area contributed by atoms with Gasteiger partial charge in [-0.25, -0.2) is 4.99 Å². The molecule has 0 spiro atoms. The summed E-state index contributed by atoms with van der Waals surface area (Å²) in [5.74, 6) is 0.721. The number of aliphatic imine (C=N–C) groups is 1. The molecule has 0 radical (unpaired) electrons. The van der Waals surface area contributed by atoms with E-state index in [1.54, 1.807) is 0 Å². The summed E-state index contributed by atoms with van der Waals surface area (Å²) in [5.41, 5.74) is 5.67. The van der Waals surface area contributed by atoms with E-state index >= 15 is 0 Å². The number of nitrogens with zero attached hydrogens (tertiary/aromatic N) is 1. The molecule has 0 aromatic heterocycles. The van der Waals surface area contributed by atoms with E-state index < -0.39 is 0 Å². The Kier molecular flexibility index (Phi) is 3.29. The van der Waals surface area contributed by atoms with Crippen molar-refractivity contribution in [3.63, 3.8) is 0 Å². The SMILES string of the molecule is CCCOC1=NC(C(C)N)C=C1. The molecule has 0 aliphatic carbocycles. The summed E-state index contributed by atoms with van der Waals surface area (Å²) < 4.78 is 5.34. The van der Waals surface area contributed by atoms with E-state index in [1.807, 2.05) is 19.1 Å². The molecule has 3 nitrogen and oxygen atoms in total. The highest BCUT2D eigenvalue weighted by molar-refractivity contribution is 5.90. The quantitative estimate of drug-likeness (QED) is 0.686. The first kappa shape index (κ1) is 9.26. The van der Waals surface area contributed by atoms with E-state index in [2.05, 4.69) is 11.9 Å². The molecule has 0 bridgehead atoms. The lowest BCUT2D eigenvalue weighted by Crippen LogP contribution is -2.27. The van der Waals surface area contributed by atoms with Gasteiger partial charge >= 0.3 is 0 Å². The molecule has 0 aromatic carbocycles. The van der Waals surface area contributed by atoms with E-state index in [1.165, 1.54) is 0 Å². The summed E-state index contributed by atoms with van der Waals surface area (Å²) in [7, 11) is 0. The third-order valence-corrected chi connectivity index (χ3v) is 1.71. The van der Waals surface area contributed by atoms with Gasteiger partial charge in [0, 0.05) is 6.04 Å². The number of rotatable bonds is 3. The molecule has 1 aliphatic rings. The average Bonchev–Trinajstić information content (AvgIpc) is 2.48. The van der Waals surface area contributed by atoms with Crippen LogP contribution in [-0.4, -0.2) is 24.6 Å². The lowest BCUT2D eigenvalue weighted by Gasteiger charge is -2.07. The van der Waals surface area contributed by atoms with Crippen molar-refractivity contribution in [2.75, 3.05) is 6.61 Å². The monoisotopic (exact) mass is 168 g/mol. The predicted molar refractivity (Wildman–Crippen MR) is 50.3 cm³/mol. The fourth-order valence-corrected chi connectivity index (χ4v) is 0.999. The highest BCUT2D eigenvalue weighted by Gasteiger charge is 2.14. The largest absolute Gasteiger partial charge is 0.478 e. The van der Waals surface area contributed by atoms with E-state index in [9.17, 15) is 0 Å². The van der Waals surface area contributed by atoms with E-state index in [0.717, 1.165) is 18.9 Å². The number of hydrogen-bond acceptors (Lipinski definition) is 3. The van der Waals surface area contributed by atoms with Crippen LogP contribution in [0.3, 0.4) is 0 Å². The predicted octanol–water partition coefficient (Wildman–Crippen LogP) is 1.10. The van der Waals surface area contributed by atoms with Gasteiger partial charge in [-0.1, -0.05) is 13.0 Å². The highest BCUT2D eigenvalue weighted by atomic mass is 16.5. The van der Waals surface area contributed by atoms with Gasteiger partial charge in [-0.2, -0.15) is 0 Å². The molecule has 0 fully saturated rings. The van der Waals surface area contributed by atoms with Crippen molar-refractivity contribution in [3.05, 3.63) is 12.2 Å². The molecule has 1 aliphatic heterocycles. The van der Waals surface area contributed by atoms with Gasteiger partial charge in [-0.05, 0) is 19.4 Å². The zero-order valence-electron chi connectivity index (χ0n) is 7.66. The zero-order valence-corrected chi connectivity index (χ0v) is 7.66. The highest BCUT2D eigenvalue weighted by Crippen LogP contribution is 2.08. The van der Waals surface area contributed by atoms with Crippen LogP contribution in [0.4, 0.5) is 0 Å². The topological polar surface area (TPSA) is 47.6 Å². The molecule has 2 unspecified atom stereocenters. The molecular formula is C9H16N2O. The Morgan fingerprint density at radius 3 is 3.00 bits per heavy atom. The summed E-state index contributed by atoms with van der Waals surface area (Å²) in [5, 5.41) is 0. The Hall–Kier alpha value is -0.830. The van der Waals surface area contributed by atoms with Crippen LogP contribution in [0.25, 0.3) is 0 Å². The van der Waals surface area contributed by atoms with Crippen molar-refractivity contribution in [2.45, 2.75) is 32.4 Å². The Balaban J connectivity index is 2.39. The Morgan fingerprint density at radius 2 is 2.50 bits per heavy atom. The van der Waals surface area contributed by atoms with E-state index in [-0.39, 0.29) is 12.1 Å². The Morgan fingerprint density at radius 1 is 1.75 bits per heavy atom. The van der Waals surface area contributed by atoms with Crippen LogP contribution in [0.1, 0.15) is 20.3 Å². The average molecular weight is 168 g/mol. The van der Waals surface area contributed by atoms with Gasteiger partial charge in [-0.15, -0.1) is 0 Å². The van der Waals surface area contributed by atoms with Gasteiger partial charge in [0.1, 0.15) is 0 Å². The molecule has 2 N–H and O–H groups in total. The van der Waals surface area contributed by atoms with E-state index in [0.29, 0.717) is 0 Å². The molecule has 12 heavy (non-hydrogen) atoms. The van der Waals surface area contributed by atoms with Crippen LogP contribution >= 0.6 is 0 Å². The van der Waals surface area contributed by atoms with Crippen LogP contribution < -0.4 is 5.73 Å². The summed E-state index contributed by atoms with van der Waals surface area (Å²) in [6, 6.07) is 0.181. The second kappa shape index (κ2) is 4.26. The third-order valence-electron chi connectivity index (χ3n) is 1.71. The van der Waals surface area contributed by atoms with Gasteiger partial charge in [-0.3, -0.25) is 0 Å². The minimum absolute atomic E-state index is 0.0731. The van der Waals surface area contributed by atoms with Gasteiger partial charge in [0.15, 0.2) is 0 Å². The molecule has 2 atom stereocenters. The second-order valence-electron chi connectivity index (χ2n) is 3.02. The molecule has 0 saturated heterocycles. The van der Waals surface area contributed by atoms with Crippen LogP contribution in [0.15, 0.2) is 17.1 Å². The van der Waals surface area contributed by atoms with Gasteiger partial charge in [0.25, 0.3) is 0 Å². The minimum atomic E-state index is 0.0731. The van der Waals surface area contributed by atoms with Crippen LogP contribution in [0.2, 0.25) is 0 Å². The molecule has 0 amide bonds. The van der Waals surface area contributed by atoms with Crippen molar-refractivity contribution in [1.29, 1.82) is 0 Å². The maximum Gasteiger partial charge on any atom is 0.208 e. The Bertz CT molecular complexity index is 197. The molecule has 1 rings (SSSR count). The summed E-state index contributed by atoms with van der Waals surface area (Å²) in [6.07, 6.45) is 4.88. The normalized spacial score (nSPS) is 23.9. The maximum absolute atomic E-state index is 5.67. The summed E-state index contributed by atoms with van der Waals surface area (Å²) in [4.78, 5) is 4.28. The smallest absolute Gasteiger partial charge is 0.208 e. The molecule has 0 aromatic rings. The molecule has 3 heteroatoms. The van der Waals surface area contributed by atoms with E-state index in [4.69, 9.17) is 10.5 Å². The third kappa shape index (κ3) is 2.34. The van der Waals surface area contributed by atoms with Gasteiger partial charge in [0.2, 0.25) is 5.90 Å². The number of hydrogen-bond donors (Lipinski definition) is 1.